The maximum Gasteiger partial charge on any atom is 0.0629 e. The zero-order valence-electron chi connectivity index (χ0n) is 38.3. The highest BCUT2D eigenvalue weighted by molar-refractivity contribution is 6.17. The smallest absolute Gasteiger partial charge is 0.0629 e. The molecule has 58 heavy (non-hydrogen) atoms. The van der Waals surface area contributed by atoms with E-state index < -0.39 is 30.2 Å². The van der Waals surface area contributed by atoms with Crippen molar-refractivity contribution in [3.05, 3.63) is 230 Å². The summed E-state index contributed by atoms with van der Waals surface area (Å²) in [7, 11) is 0. The Morgan fingerprint density at radius 1 is 0.362 bits per heavy atom. The Morgan fingerprint density at radius 2 is 0.966 bits per heavy atom. The van der Waals surface area contributed by atoms with Gasteiger partial charge in [0.25, 0.3) is 0 Å². The Labute approximate surface area is 348 Å². The zero-order valence-corrected chi connectivity index (χ0v) is 31.3. The van der Waals surface area contributed by atoms with E-state index in [0.717, 1.165) is 72.2 Å². The quantitative estimate of drug-likeness (QED) is 0.158. The predicted molar refractivity (Wildman–Crippen MR) is 247 cm³/mol. The van der Waals surface area contributed by atoms with Gasteiger partial charge in [-0.05, 0) is 92.5 Å². The summed E-state index contributed by atoms with van der Waals surface area (Å²) in [5.74, 6) is 0. The average Bonchev–Trinajstić information content (AvgIpc) is 3.69. The van der Waals surface area contributed by atoms with Crippen molar-refractivity contribution < 1.29 is 9.60 Å². The molecule has 0 atom stereocenters. The molecule has 11 aromatic rings. The molecule has 0 unspecified atom stereocenters. The van der Waals surface area contributed by atoms with E-state index in [2.05, 4.69) is 149 Å². The molecule has 0 aliphatic rings. The third kappa shape index (κ3) is 5.66. The fourth-order valence-electron chi connectivity index (χ4n) is 8.47. The second-order valence-corrected chi connectivity index (χ2v) is 14.4. The van der Waals surface area contributed by atoms with Crippen LogP contribution >= 0.6 is 0 Å². The molecule has 11 rings (SSSR count). The van der Waals surface area contributed by atoms with Crippen molar-refractivity contribution in [3.63, 3.8) is 0 Å². The van der Waals surface area contributed by atoms with Crippen LogP contribution in [0, 0.1) is 0 Å². The topological polar surface area (TPSA) is 8.17 Å². The molecule has 0 amide bonds. The minimum absolute atomic E-state index is 0.0595. The summed E-state index contributed by atoms with van der Waals surface area (Å²) >= 11 is 0. The normalized spacial score (nSPS) is 13.1. The summed E-state index contributed by atoms with van der Waals surface area (Å²) in [6.45, 7) is 0. The number of rotatable bonds is 7. The fourth-order valence-corrected chi connectivity index (χ4v) is 8.47. The maximum absolute atomic E-state index is 9.02. The molecule has 272 valence electrons. The van der Waals surface area contributed by atoms with Crippen LogP contribution in [0.25, 0.3) is 82.4 Å². The monoisotopic (exact) mass is 745 g/mol. The lowest BCUT2D eigenvalue weighted by Crippen LogP contribution is -2.11. The number of hydrogen-bond donors (Lipinski definition) is 0. The third-order valence-electron chi connectivity index (χ3n) is 11.1. The highest BCUT2D eigenvalue weighted by atomic mass is 15.1. The summed E-state index contributed by atoms with van der Waals surface area (Å²) in [5, 5.41) is 4.58. The molecule has 0 aliphatic heterocycles. The molecule has 2 nitrogen and oxygen atoms in total. The van der Waals surface area contributed by atoms with Crippen molar-refractivity contribution in [2.75, 3.05) is 4.90 Å². The van der Waals surface area contributed by atoms with Gasteiger partial charge in [0.15, 0.2) is 0 Å². The molecule has 10 aromatic carbocycles. The molecular formula is C56H38N2. The number of hydrogen-bond acceptors (Lipinski definition) is 1. The molecule has 1 heterocycles. The summed E-state index contributed by atoms with van der Waals surface area (Å²) in [4.78, 5) is 2.21. The number of benzene rings is 10. The van der Waals surface area contributed by atoms with E-state index in [1.165, 1.54) is 5.39 Å². The lowest BCUT2D eigenvalue weighted by molar-refractivity contribution is 1.20. The minimum atomic E-state index is -0.476. The Hall–Kier alpha value is -7.68. The van der Waals surface area contributed by atoms with Crippen LogP contribution in [-0.2, 0) is 0 Å². The van der Waals surface area contributed by atoms with Gasteiger partial charge in [0.2, 0.25) is 0 Å². The Kier molecular flexibility index (Phi) is 6.57. The van der Waals surface area contributed by atoms with Crippen LogP contribution in [0.4, 0.5) is 17.1 Å². The van der Waals surface area contributed by atoms with Gasteiger partial charge in [0.05, 0.1) is 32.0 Å². The van der Waals surface area contributed by atoms with Gasteiger partial charge in [0, 0.05) is 33.1 Å². The highest BCUT2D eigenvalue weighted by Gasteiger charge is 2.22. The Balaban J connectivity index is 1.13. The first-order valence-electron chi connectivity index (χ1n) is 22.9. The van der Waals surface area contributed by atoms with Crippen LogP contribution in [-0.4, -0.2) is 4.57 Å². The van der Waals surface area contributed by atoms with E-state index in [9.17, 15) is 0 Å². The van der Waals surface area contributed by atoms with Crippen molar-refractivity contribution in [2.24, 2.45) is 0 Å². The predicted octanol–water partition coefficient (Wildman–Crippen LogP) is 15.6. The van der Waals surface area contributed by atoms with Crippen LogP contribution in [0.1, 0.15) is 9.60 Å². The van der Waals surface area contributed by atoms with Crippen molar-refractivity contribution in [2.45, 2.75) is 0 Å². The first kappa shape index (κ1) is 27.0. The summed E-state index contributed by atoms with van der Waals surface area (Å²) in [6.07, 6.45) is 0. The largest absolute Gasteiger partial charge is 0.310 e. The third-order valence-corrected chi connectivity index (χ3v) is 11.1. The highest BCUT2D eigenvalue weighted by Crippen LogP contribution is 2.46. The SMILES string of the molecule is [2H]c1c([2H])c([2H])c2c(-c3ccc(N(c4ccc(-c5ccccc5)cc4)c4ccccc4-c4cccc5c4c4ccccc4n5-c4cccc5ccccc45)cc3)c([2H])c([2H])c([2H])c2c1[2H]. The van der Waals surface area contributed by atoms with Crippen molar-refractivity contribution >= 4 is 60.4 Å². The molecule has 0 saturated carbocycles. The lowest BCUT2D eigenvalue weighted by Gasteiger charge is -2.28. The van der Waals surface area contributed by atoms with E-state index in [-0.39, 0.29) is 28.4 Å². The summed E-state index contributed by atoms with van der Waals surface area (Å²) in [5.41, 5.74) is 10.9. The first-order chi connectivity index (χ1) is 31.7. The maximum atomic E-state index is 9.02. The second-order valence-electron chi connectivity index (χ2n) is 14.4. The Bertz CT molecular complexity index is 3660. The molecule has 0 aliphatic carbocycles. The van der Waals surface area contributed by atoms with E-state index in [1.54, 1.807) is 0 Å². The Morgan fingerprint density at radius 3 is 1.81 bits per heavy atom. The average molecular weight is 746 g/mol. The van der Waals surface area contributed by atoms with E-state index >= 15 is 0 Å². The molecule has 2 heteroatoms. The molecule has 1 aromatic heterocycles. The van der Waals surface area contributed by atoms with Gasteiger partial charge in [-0.3, -0.25) is 0 Å². The van der Waals surface area contributed by atoms with E-state index in [4.69, 9.17) is 9.60 Å². The molecule has 0 N–H and O–H groups in total. The van der Waals surface area contributed by atoms with Gasteiger partial charge >= 0.3 is 0 Å². The number of aromatic nitrogens is 1. The van der Waals surface area contributed by atoms with Gasteiger partial charge < -0.3 is 9.47 Å². The standard InChI is InChI=1S/C56H38N2/c1-2-15-39(16-3-1)40-31-35-44(36-32-40)57(45-37-33-43(34-38-45)47-25-12-19-41-17-4-6-21-46(41)47)53-27-10-8-23-49(53)50-26-14-30-55-56(50)51-24-9-11-28-54(51)58(55)52-29-13-20-42-18-5-7-22-48(42)52/h1-38H/i4D,6D,12D,17D,19D,21D,25D. The van der Waals surface area contributed by atoms with Crippen LogP contribution < -0.4 is 4.90 Å². The zero-order chi connectivity index (χ0) is 44.5. The van der Waals surface area contributed by atoms with Crippen LogP contribution in [0.5, 0.6) is 0 Å². The van der Waals surface area contributed by atoms with Gasteiger partial charge in [0.1, 0.15) is 0 Å². The number of fused-ring (bicyclic) bond motifs is 5. The van der Waals surface area contributed by atoms with E-state index in [0.29, 0.717) is 5.56 Å². The molecule has 0 spiro atoms. The molecule has 0 saturated heterocycles. The fraction of sp³-hybridized carbons (Fsp3) is 0. The van der Waals surface area contributed by atoms with Crippen LogP contribution in [0.3, 0.4) is 0 Å². The van der Waals surface area contributed by atoms with Gasteiger partial charge in [-0.15, -0.1) is 0 Å². The van der Waals surface area contributed by atoms with Crippen molar-refractivity contribution in [1.29, 1.82) is 0 Å². The molecule has 0 radical (unpaired) electrons. The lowest BCUT2D eigenvalue weighted by atomic mass is 9.96. The number of nitrogens with zero attached hydrogens (tertiary/aromatic N) is 2. The number of para-hydroxylation sites is 2. The van der Waals surface area contributed by atoms with Crippen LogP contribution in [0.2, 0.25) is 0 Å². The molecule has 0 fully saturated rings. The van der Waals surface area contributed by atoms with Gasteiger partial charge in [-0.2, -0.15) is 0 Å². The molecular weight excluding hydrogens is 701 g/mol. The van der Waals surface area contributed by atoms with Gasteiger partial charge in [-0.1, -0.05) is 182 Å². The van der Waals surface area contributed by atoms with Crippen molar-refractivity contribution in [3.8, 4) is 39.1 Å². The minimum Gasteiger partial charge on any atom is -0.310 e. The second kappa shape index (κ2) is 14.1. The summed E-state index contributed by atoms with van der Waals surface area (Å²) in [6, 6.07) is 62.0. The van der Waals surface area contributed by atoms with Crippen molar-refractivity contribution in [1.82, 2.24) is 4.57 Å². The van der Waals surface area contributed by atoms with Crippen LogP contribution in [0.15, 0.2) is 230 Å². The molecule has 0 bridgehead atoms. The number of anilines is 3. The van der Waals surface area contributed by atoms with Gasteiger partial charge in [-0.25, -0.2) is 0 Å². The first-order valence-corrected chi connectivity index (χ1v) is 19.4. The van der Waals surface area contributed by atoms with E-state index in [1.807, 2.05) is 48.5 Å². The summed E-state index contributed by atoms with van der Waals surface area (Å²) < 4.78 is 63.0.